The summed E-state index contributed by atoms with van der Waals surface area (Å²) in [6, 6.07) is 4.43. The molecule has 104 valence electrons. The highest BCUT2D eigenvalue weighted by molar-refractivity contribution is 5.88. The van der Waals surface area contributed by atoms with Gasteiger partial charge in [-0.3, -0.25) is 4.90 Å². The molecule has 0 aromatic heterocycles. The highest BCUT2D eigenvalue weighted by Crippen LogP contribution is 2.23. The van der Waals surface area contributed by atoms with Gasteiger partial charge in [-0.15, -0.1) is 0 Å². The Balaban J connectivity index is 2.15. The van der Waals surface area contributed by atoms with E-state index in [0.29, 0.717) is 11.7 Å². The monoisotopic (exact) mass is 266 g/mol. The van der Waals surface area contributed by atoms with Crippen LogP contribution in [0.25, 0.3) is 0 Å². The third-order valence-electron chi connectivity index (χ3n) is 3.58. The van der Waals surface area contributed by atoms with E-state index in [-0.39, 0.29) is 11.4 Å². The lowest BCUT2D eigenvalue weighted by Crippen LogP contribution is -2.49. The van der Waals surface area contributed by atoms with E-state index in [1.54, 1.807) is 0 Å². The van der Waals surface area contributed by atoms with Crippen molar-refractivity contribution in [3.8, 4) is 0 Å². The minimum atomic E-state index is -1.03. The number of benzene rings is 1. The summed E-state index contributed by atoms with van der Waals surface area (Å²) in [5.41, 5.74) is 0.519. The van der Waals surface area contributed by atoms with E-state index in [4.69, 9.17) is 5.11 Å². The molecule has 0 radical (unpaired) electrons. The Labute approximate surface area is 112 Å². The summed E-state index contributed by atoms with van der Waals surface area (Å²) < 4.78 is 13.8. The number of anilines is 1. The van der Waals surface area contributed by atoms with Crippen LogP contribution in [0.2, 0.25) is 0 Å². The van der Waals surface area contributed by atoms with Crippen LogP contribution in [0.4, 0.5) is 10.1 Å². The van der Waals surface area contributed by atoms with Crippen molar-refractivity contribution in [1.29, 1.82) is 0 Å². The summed E-state index contributed by atoms with van der Waals surface area (Å²) in [6.07, 6.45) is 0. The molecule has 0 aliphatic carbocycles. The van der Waals surface area contributed by atoms with E-state index in [0.717, 1.165) is 26.2 Å². The van der Waals surface area contributed by atoms with Crippen LogP contribution in [0.1, 0.15) is 24.2 Å². The Bertz CT molecular complexity index is 469. The van der Waals surface area contributed by atoms with Gasteiger partial charge in [0.05, 0.1) is 11.3 Å². The van der Waals surface area contributed by atoms with Gasteiger partial charge in [-0.05, 0) is 32.0 Å². The van der Waals surface area contributed by atoms with Crippen molar-refractivity contribution < 1.29 is 14.3 Å². The van der Waals surface area contributed by atoms with Crippen molar-refractivity contribution in [1.82, 2.24) is 4.90 Å². The second-order valence-corrected chi connectivity index (χ2v) is 5.09. The molecule has 0 spiro atoms. The average molecular weight is 266 g/mol. The van der Waals surface area contributed by atoms with Gasteiger partial charge in [0, 0.05) is 32.2 Å². The van der Waals surface area contributed by atoms with Gasteiger partial charge in [-0.1, -0.05) is 0 Å². The van der Waals surface area contributed by atoms with Crippen molar-refractivity contribution >= 4 is 11.7 Å². The molecule has 1 aromatic rings. The largest absolute Gasteiger partial charge is 0.478 e. The molecule has 1 aliphatic rings. The van der Waals surface area contributed by atoms with Crippen molar-refractivity contribution in [3.63, 3.8) is 0 Å². The summed E-state index contributed by atoms with van der Waals surface area (Å²) in [5, 5.41) is 8.96. The number of aromatic carboxylic acids is 1. The molecule has 0 saturated carbocycles. The molecule has 1 fully saturated rings. The molecule has 1 N–H and O–H groups in total. The molecule has 0 unspecified atom stereocenters. The third kappa shape index (κ3) is 3.04. The molecule has 1 heterocycles. The van der Waals surface area contributed by atoms with E-state index in [9.17, 15) is 9.18 Å². The Morgan fingerprint density at radius 1 is 1.26 bits per heavy atom. The number of rotatable bonds is 3. The summed E-state index contributed by atoms with van der Waals surface area (Å²) in [4.78, 5) is 15.2. The first-order chi connectivity index (χ1) is 8.99. The Hall–Kier alpha value is -1.62. The fourth-order valence-corrected chi connectivity index (χ4v) is 2.37. The molecule has 1 aliphatic heterocycles. The quantitative estimate of drug-likeness (QED) is 0.909. The van der Waals surface area contributed by atoms with Gasteiger partial charge in [0.15, 0.2) is 0 Å². The van der Waals surface area contributed by atoms with Gasteiger partial charge in [0.2, 0.25) is 0 Å². The zero-order chi connectivity index (χ0) is 14.0. The molecule has 0 amide bonds. The summed E-state index contributed by atoms with van der Waals surface area (Å²) in [7, 11) is 0. The molecule has 19 heavy (non-hydrogen) atoms. The van der Waals surface area contributed by atoms with Crippen LogP contribution in [-0.4, -0.2) is 48.2 Å². The van der Waals surface area contributed by atoms with E-state index in [1.165, 1.54) is 18.2 Å². The highest BCUT2D eigenvalue weighted by atomic mass is 19.1. The number of halogens is 1. The van der Waals surface area contributed by atoms with E-state index in [1.807, 2.05) is 4.90 Å². The zero-order valence-electron chi connectivity index (χ0n) is 11.3. The number of carboxylic acid groups (broad SMARTS) is 1. The van der Waals surface area contributed by atoms with Gasteiger partial charge in [-0.2, -0.15) is 0 Å². The van der Waals surface area contributed by atoms with Crippen molar-refractivity contribution in [2.45, 2.75) is 19.9 Å². The minimum absolute atomic E-state index is 0.127. The fraction of sp³-hybridized carbons (Fsp3) is 0.500. The Kier molecular flexibility index (Phi) is 4.04. The van der Waals surface area contributed by atoms with Crippen LogP contribution in [0.3, 0.4) is 0 Å². The number of piperazine rings is 1. The van der Waals surface area contributed by atoms with Gasteiger partial charge in [-0.25, -0.2) is 9.18 Å². The maximum Gasteiger partial charge on any atom is 0.335 e. The van der Waals surface area contributed by atoms with E-state index < -0.39 is 5.97 Å². The standard InChI is InChI=1S/C14H19FN2O2/c1-10(2)16-5-7-17(8-6-16)13-9-11(14(18)19)3-4-12(13)15/h3-4,9-10H,5-8H2,1-2H3,(H,18,19). The fourth-order valence-electron chi connectivity index (χ4n) is 2.37. The van der Waals surface area contributed by atoms with Gasteiger partial charge < -0.3 is 10.0 Å². The molecule has 4 nitrogen and oxygen atoms in total. The van der Waals surface area contributed by atoms with E-state index >= 15 is 0 Å². The number of hydrogen-bond donors (Lipinski definition) is 1. The molecular weight excluding hydrogens is 247 g/mol. The molecule has 0 atom stereocenters. The number of carbonyl (C=O) groups is 1. The second kappa shape index (κ2) is 5.57. The lowest BCUT2D eigenvalue weighted by molar-refractivity contribution is 0.0697. The molecule has 1 aromatic carbocycles. The van der Waals surface area contributed by atoms with Crippen LogP contribution in [0.15, 0.2) is 18.2 Å². The predicted molar refractivity (Wildman–Crippen MR) is 72.3 cm³/mol. The first-order valence-corrected chi connectivity index (χ1v) is 6.51. The topological polar surface area (TPSA) is 43.8 Å². The average Bonchev–Trinajstić information content (AvgIpc) is 2.39. The molecule has 2 rings (SSSR count). The highest BCUT2D eigenvalue weighted by Gasteiger charge is 2.21. The minimum Gasteiger partial charge on any atom is -0.478 e. The number of hydrogen-bond acceptors (Lipinski definition) is 3. The van der Waals surface area contributed by atoms with Gasteiger partial charge in [0.25, 0.3) is 0 Å². The predicted octanol–water partition coefficient (Wildman–Crippen LogP) is 2.05. The summed E-state index contributed by atoms with van der Waals surface area (Å²) >= 11 is 0. The maximum atomic E-state index is 13.8. The number of carboxylic acids is 1. The van der Waals surface area contributed by atoms with Gasteiger partial charge in [0.1, 0.15) is 5.82 Å². The zero-order valence-corrected chi connectivity index (χ0v) is 11.3. The van der Waals surface area contributed by atoms with Crippen molar-refractivity contribution in [2.24, 2.45) is 0 Å². The van der Waals surface area contributed by atoms with Crippen molar-refractivity contribution in [3.05, 3.63) is 29.6 Å². The Morgan fingerprint density at radius 3 is 2.42 bits per heavy atom. The normalized spacial score (nSPS) is 16.9. The van der Waals surface area contributed by atoms with Gasteiger partial charge >= 0.3 is 5.97 Å². The third-order valence-corrected chi connectivity index (χ3v) is 3.58. The lowest BCUT2D eigenvalue weighted by atomic mass is 10.1. The van der Waals surface area contributed by atoms with Crippen LogP contribution in [-0.2, 0) is 0 Å². The Morgan fingerprint density at radius 2 is 1.89 bits per heavy atom. The molecular formula is C14H19FN2O2. The van der Waals surface area contributed by atoms with Crippen LogP contribution < -0.4 is 4.90 Å². The van der Waals surface area contributed by atoms with Crippen LogP contribution in [0.5, 0.6) is 0 Å². The summed E-state index contributed by atoms with van der Waals surface area (Å²) in [5.74, 6) is -1.38. The SMILES string of the molecule is CC(C)N1CCN(c2cc(C(=O)O)ccc2F)CC1. The van der Waals surface area contributed by atoms with Crippen LogP contribution in [0, 0.1) is 5.82 Å². The molecule has 0 bridgehead atoms. The first-order valence-electron chi connectivity index (χ1n) is 6.51. The second-order valence-electron chi connectivity index (χ2n) is 5.09. The van der Waals surface area contributed by atoms with E-state index in [2.05, 4.69) is 18.7 Å². The number of nitrogens with zero attached hydrogens (tertiary/aromatic N) is 2. The smallest absolute Gasteiger partial charge is 0.335 e. The molecule has 1 saturated heterocycles. The lowest BCUT2D eigenvalue weighted by Gasteiger charge is -2.38. The maximum absolute atomic E-state index is 13.8. The summed E-state index contributed by atoms with van der Waals surface area (Å²) in [6.45, 7) is 7.46. The first kappa shape index (κ1) is 13.8. The van der Waals surface area contributed by atoms with Crippen LogP contribution >= 0.6 is 0 Å². The molecule has 5 heteroatoms. The van der Waals surface area contributed by atoms with Crippen molar-refractivity contribution in [2.75, 3.05) is 31.1 Å².